The number of nitrogens with zero attached hydrogens (tertiary/aromatic N) is 4. The summed E-state index contributed by atoms with van der Waals surface area (Å²) in [4.78, 5) is 24.4. The lowest BCUT2D eigenvalue weighted by Crippen LogP contribution is -2.31. The highest BCUT2D eigenvalue weighted by Crippen LogP contribution is 2.24. The van der Waals surface area contributed by atoms with E-state index >= 15 is 0 Å². The number of likely N-dealkylation sites (tertiary alicyclic amines) is 1. The van der Waals surface area contributed by atoms with Crippen molar-refractivity contribution >= 4 is 23.6 Å². The summed E-state index contributed by atoms with van der Waals surface area (Å²) >= 11 is 1.48. The van der Waals surface area contributed by atoms with Gasteiger partial charge in [0.15, 0.2) is 16.7 Å². The summed E-state index contributed by atoms with van der Waals surface area (Å²) in [5, 5.41) is 9.09. The quantitative estimate of drug-likeness (QED) is 0.596. The Hall–Kier alpha value is -2.09. The van der Waals surface area contributed by atoms with Gasteiger partial charge in [0.1, 0.15) is 0 Å². The van der Waals surface area contributed by atoms with Crippen molar-refractivity contribution in [2.45, 2.75) is 31.5 Å². The van der Waals surface area contributed by atoms with Gasteiger partial charge in [0.2, 0.25) is 11.8 Å². The molecule has 0 aliphatic carbocycles. The van der Waals surface area contributed by atoms with E-state index in [0.29, 0.717) is 43.3 Å². The molecule has 0 N–H and O–H groups in total. The zero-order valence-electron chi connectivity index (χ0n) is 12.2. The zero-order chi connectivity index (χ0) is 15.5. The first-order valence-corrected chi connectivity index (χ1v) is 8.12. The van der Waals surface area contributed by atoms with Gasteiger partial charge in [-0.15, -0.1) is 10.2 Å². The third-order valence-corrected chi connectivity index (χ3v) is 4.42. The van der Waals surface area contributed by atoms with E-state index in [1.807, 2.05) is 17.6 Å². The smallest absolute Gasteiger partial charge is 0.229 e. The first-order chi connectivity index (χ1) is 10.7. The van der Waals surface area contributed by atoms with Crippen LogP contribution in [0.1, 0.15) is 19.8 Å². The van der Waals surface area contributed by atoms with Crippen LogP contribution >= 0.6 is 11.8 Å². The fourth-order valence-electron chi connectivity index (χ4n) is 2.37. The summed E-state index contributed by atoms with van der Waals surface area (Å²) in [6.45, 7) is 3.13. The summed E-state index contributed by atoms with van der Waals surface area (Å²) in [6, 6.07) is 3.65. The Morgan fingerprint density at radius 3 is 2.68 bits per heavy atom. The van der Waals surface area contributed by atoms with Gasteiger partial charge in [0, 0.05) is 31.7 Å². The number of furan rings is 1. The number of rotatable bonds is 6. The molecule has 0 unspecified atom stereocenters. The number of hydrogen-bond donors (Lipinski definition) is 0. The second kappa shape index (κ2) is 6.35. The second-order valence-corrected chi connectivity index (χ2v) is 5.88. The molecule has 0 aromatic carbocycles. The van der Waals surface area contributed by atoms with Crippen molar-refractivity contribution in [3.8, 4) is 11.6 Å². The van der Waals surface area contributed by atoms with Gasteiger partial charge in [-0.25, -0.2) is 0 Å². The predicted octanol–water partition coefficient (Wildman–Crippen LogP) is 1.80. The van der Waals surface area contributed by atoms with Crippen molar-refractivity contribution in [1.82, 2.24) is 19.7 Å². The lowest BCUT2D eigenvalue weighted by atomic mass is 10.4. The third-order valence-electron chi connectivity index (χ3n) is 3.48. The average Bonchev–Trinajstić information content (AvgIpc) is 3.22. The second-order valence-electron chi connectivity index (χ2n) is 4.82. The molecule has 0 saturated carbocycles. The van der Waals surface area contributed by atoms with Crippen molar-refractivity contribution in [3.63, 3.8) is 0 Å². The highest BCUT2D eigenvalue weighted by Gasteiger charge is 2.28. The number of carbonyl (C=O) groups is 2. The van der Waals surface area contributed by atoms with Crippen LogP contribution in [0.15, 0.2) is 28.0 Å². The lowest BCUT2D eigenvalue weighted by Gasteiger charge is -2.13. The summed E-state index contributed by atoms with van der Waals surface area (Å²) in [5.41, 5.74) is 0. The van der Waals surface area contributed by atoms with Crippen molar-refractivity contribution in [2.24, 2.45) is 0 Å². The minimum atomic E-state index is -0.0844. The number of thioether (sulfide) groups is 1. The van der Waals surface area contributed by atoms with Gasteiger partial charge in [-0.3, -0.25) is 19.1 Å². The molecule has 7 nitrogen and oxygen atoms in total. The van der Waals surface area contributed by atoms with E-state index in [1.165, 1.54) is 16.7 Å². The highest BCUT2D eigenvalue weighted by molar-refractivity contribution is 7.99. The van der Waals surface area contributed by atoms with E-state index < -0.39 is 0 Å². The van der Waals surface area contributed by atoms with Gasteiger partial charge < -0.3 is 4.42 Å². The minimum absolute atomic E-state index is 0.0844. The molecule has 0 radical (unpaired) electrons. The molecule has 8 heteroatoms. The largest absolute Gasteiger partial charge is 0.461 e. The van der Waals surface area contributed by atoms with Crippen LogP contribution in [0.25, 0.3) is 11.6 Å². The molecule has 2 aromatic heterocycles. The monoisotopic (exact) mass is 320 g/mol. The normalized spacial score (nSPS) is 15.0. The number of amides is 2. The van der Waals surface area contributed by atoms with Gasteiger partial charge in [-0.05, 0) is 19.1 Å². The van der Waals surface area contributed by atoms with Gasteiger partial charge in [0.05, 0.1) is 6.26 Å². The number of aromatic nitrogens is 3. The number of imide groups is 1. The molecular formula is C14H16N4O3S. The van der Waals surface area contributed by atoms with E-state index in [4.69, 9.17) is 4.42 Å². The predicted molar refractivity (Wildman–Crippen MR) is 80.1 cm³/mol. The Morgan fingerprint density at radius 1 is 1.27 bits per heavy atom. The lowest BCUT2D eigenvalue weighted by molar-refractivity contribution is -0.137. The first kappa shape index (κ1) is 14.8. The molecule has 116 valence electrons. The van der Waals surface area contributed by atoms with Gasteiger partial charge >= 0.3 is 0 Å². The third kappa shape index (κ3) is 2.78. The topological polar surface area (TPSA) is 81.2 Å². The summed E-state index contributed by atoms with van der Waals surface area (Å²) in [7, 11) is 0. The van der Waals surface area contributed by atoms with Gasteiger partial charge in [0.25, 0.3) is 0 Å². The molecule has 22 heavy (non-hydrogen) atoms. The fraction of sp³-hybridized carbons (Fsp3) is 0.429. The molecular weight excluding hydrogens is 304 g/mol. The Labute approximate surface area is 131 Å². The molecule has 0 atom stereocenters. The Kier molecular flexibility index (Phi) is 4.28. The van der Waals surface area contributed by atoms with Crippen molar-refractivity contribution < 1.29 is 14.0 Å². The van der Waals surface area contributed by atoms with Crippen molar-refractivity contribution in [1.29, 1.82) is 0 Å². The van der Waals surface area contributed by atoms with E-state index in [0.717, 1.165) is 5.16 Å². The van der Waals surface area contributed by atoms with Crippen LogP contribution in [-0.2, 0) is 16.1 Å². The maximum absolute atomic E-state index is 11.6. The summed E-state index contributed by atoms with van der Waals surface area (Å²) in [5.74, 6) is 1.79. The van der Waals surface area contributed by atoms with Crippen LogP contribution in [0, 0.1) is 0 Å². The molecule has 2 amide bonds. The van der Waals surface area contributed by atoms with Crippen LogP contribution < -0.4 is 0 Å². The molecule has 0 spiro atoms. The highest BCUT2D eigenvalue weighted by atomic mass is 32.2. The molecule has 3 rings (SSSR count). The Balaban J connectivity index is 1.66. The standard InChI is InChI=1S/C14H16N4O3S/c1-2-17-13(10-4-3-8-21-10)15-16-14(17)22-9-7-18-11(19)5-6-12(18)20/h3-4,8H,2,5-7,9H2,1H3. The van der Waals surface area contributed by atoms with Gasteiger partial charge in [-0.2, -0.15) is 0 Å². The molecule has 1 aliphatic rings. The first-order valence-electron chi connectivity index (χ1n) is 7.13. The maximum atomic E-state index is 11.6. The van der Waals surface area contributed by atoms with Crippen LogP contribution in [0.2, 0.25) is 0 Å². The Morgan fingerprint density at radius 2 is 2.05 bits per heavy atom. The molecule has 1 saturated heterocycles. The zero-order valence-corrected chi connectivity index (χ0v) is 13.0. The van der Waals surface area contributed by atoms with E-state index in [2.05, 4.69) is 10.2 Å². The van der Waals surface area contributed by atoms with Gasteiger partial charge in [-0.1, -0.05) is 11.8 Å². The Bertz CT molecular complexity index is 664. The van der Waals surface area contributed by atoms with Crippen LogP contribution in [-0.4, -0.2) is 43.8 Å². The van der Waals surface area contributed by atoms with Crippen molar-refractivity contribution in [2.75, 3.05) is 12.3 Å². The average molecular weight is 320 g/mol. The molecule has 0 bridgehead atoms. The number of carbonyl (C=O) groups excluding carboxylic acids is 2. The minimum Gasteiger partial charge on any atom is -0.461 e. The van der Waals surface area contributed by atoms with Crippen LogP contribution in [0.4, 0.5) is 0 Å². The maximum Gasteiger partial charge on any atom is 0.229 e. The fourth-order valence-corrected chi connectivity index (χ4v) is 3.30. The van der Waals surface area contributed by atoms with Crippen LogP contribution in [0.3, 0.4) is 0 Å². The number of hydrogen-bond acceptors (Lipinski definition) is 6. The van der Waals surface area contributed by atoms with Crippen LogP contribution in [0.5, 0.6) is 0 Å². The SMILES string of the molecule is CCn1c(SCCN2C(=O)CCC2=O)nnc1-c1ccco1. The van der Waals surface area contributed by atoms with Crippen molar-refractivity contribution in [3.05, 3.63) is 18.4 Å². The summed E-state index contributed by atoms with van der Waals surface area (Å²) < 4.78 is 7.31. The molecule has 2 aromatic rings. The van der Waals surface area contributed by atoms with E-state index in [-0.39, 0.29) is 11.8 Å². The van der Waals surface area contributed by atoms with E-state index in [9.17, 15) is 9.59 Å². The van der Waals surface area contributed by atoms with E-state index in [1.54, 1.807) is 12.3 Å². The molecule has 1 fully saturated rings. The molecule has 1 aliphatic heterocycles. The molecule has 3 heterocycles. The summed E-state index contributed by atoms with van der Waals surface area (Å²) in [6.07, 6.45) is 2.26.